The van der Waals surface area contributed by atoms with E-state index in [0.717, 1.165) is 0 Å². The molecule has 1 saturated heterocycles. The minimum absolute atomic E-state index is 0.161. The summed E-state index contributed by atoms with van der Waals surface area (Å²) in [6, 6.07) is 0. The summed E-state index contributed by atoms with van der Waals surface area (Å²) in [6.45, 7) is 6.83. The molecule has 1 N–H and O–H groups in total. The molecule has 1 fully saturated rings. The van der Waals surface area contributed by atoms with Crippen molar-refractivity contribution in [1.29, 1.82) is 0 Å². The molecule has 1 aliphatic heterocycles. The number of anilines is 1. The van der Waals surface area contributed by atoms with Gasteiger partial charge in [0.25, 0.3) is 0 Å². The number of nitrogens with one attached hydrogen (secondary N) is 1. The van der Waals surface area contributed by atoms with Crippen molar-refractivity contribution in [3.63, 3.8) is 0 Å². The summed E-state index contributed by atoms with van der Waals surface area (Å²) < 4.78 is 27.9. The number of imidazole rings is 1. The minimum Gasteiger partial charge on any atom is -0.463 e. The van der Waals surface area contributed by atoms with Crippen molar-refractivity contribution < 1.29 is 42.9 Å². The van der Waals surface area contributed by atoms with E-state index in [0.29, 0.717) is 5.69 Å². The average Bonchev–Trinajstić information content (AvgIpc) is 3.14. The number of hydrogen-bond donors (Lipinski definition) is 1. The Balaban J connectivity index is 2.40. The molecule has 166 valence electrons. The van der Waals surface area contributed by atoms with E-state index in [1.807, 2.05) is 0 Å². The van der Waals surface area contributed by atoms with Crippen LogP contribution in [-0.2, 0) is 38.1 Å². The van der Waals surface area contributed by atoms with Crippen LogP contribution in [0.5, 0.6) is 0 Å². The first kappa shape index (κ1) is 23.1. The van der Waals surface area contributed by atoms with Crippen LogP contribution in [0.1, 0.15) is 39.6 Å². The predicted molar refractivity (Wildman–Crippen MR) is 99.3 cm³/mol. The fraction of sp³-hybridized carbons (Fsp3) is 0.611. The van der Waals surface area contributed by atoms with Crippen molar-refractivity contribution in [2.45, 2.75) is 59.2 Å². The second-order valence-corrected chi connectivity index (χ2v) is 6.45. The predicted octanol–water partition coefficient (Wildman–Crippen LogP) is 1.08. The summed E-state index contributed by atoms with van der Waals surface area (Å²) in [4.78, 5) is 50.6. The molecule has 4 atom stereocenters. The highest BCUT2D eigenvalue weighted by atomic mass is 16.7. The monoisotopic (exact) mass is 427 g/mol. The van der Waals surface area contributed by atoms with Crippen molar-refractivity contribution in [2.75, 3.05) is 18.5 Å². The van der Waals surface area contributed by atoms with Crippen molar-refractivity contribution in [3.8, 4) is 0 Å². The van der Waals surface area contributed by atoms with E-state index in [4.69, 9.17) is 23.7 Å². The Bertz CT molecular complexity index is 807. The van der Waals surface area contributed by atoms with Crippen LogP contribution in [0.15, 0.2) is 6.33 Å². The number of aryl methyl sites for hydroxylation is 1. The Morgan fingerprint density at radius 1 is 1.07 bits per heavy atom. The number of carbonyl (C=O) groups excluding carboxylic acids is 4. The van der Waals surface area contributed by atoms with E-state index < -0.39 is 48.5 Å². The van der Waals surface area contributed by atoms with Gasteiger partial charge in [-0.05, 0) is 13.8 Å². The number of ether oxygens (including phenoxy) is 5. The zero-order valence-corrected chi connectivity index (χ0v) is 17.4. The zero-order valence-electron chi connectivity index (χ0n) is 17.4. The molecule has 12 heteroatoms. The van der Waals surface area contributed by atoms with Gasteiger partial charge in [0.1, 0.15) is 18.5 Å². The second-order valence-electron chi connectivity index (χ2n) is 6.45. The third-order valence-electron chi connectivity index (χ3n) is 4.09. The van der Waals surface area contributed by atoms with Crippen molar-refractivity contribution >= 4 is 29.8 Å². The molecular formula is C18H25N3O9. The largest absolute Gasteiger partial charge is 0.463 e. The summed E-state index contributed by atoms with van der Waals surface area (Å²) in [5.41, 5.74) is 0.445. The van der Waals surface area contributed by atoms with Crippen molar-refractivity contribution in [3.05, 3.63) is 12.0 Å². The summed E-state index contributed by atoms with van der Waals surface area (Å²) in [7, 11) is 0. The fourth-order valence-electron chi connectivity index (χ4n) is 2.98. The number of esters is 3. The Labute approximate surface area is 172 Å². The summed E-state index contributed by atoms with van der Waals surface area (Å²) in [5.74, 6) is -1.60. The molecule has 2 rings (SSSR count). The number of hydrogen-bond acceptors (Lipinski definition) is 10. The second kappa shape index (κ2) is 10.1. The average molecular weight is 427 g/mol. The third-order valence-corrected chi connectivity index (χ3v) is 4.09. The molecule has 0 aromatic carbocycles. The minimum atomic E-state index is -1.09. The van der Waals surface area contributed by atoms with Gasteiger partial charge >= 0.3 is 24.0 Å². The third kappa shape index (κ3) is 5.69. The van der Waals surface area contributed by atoms with E-state index in [1.165, 1.54) is 31.7 Å². The lowest BCUT2D eigenvalue weighted by molar-refractivity contribution is -0.166. The first-order valence-corrected chi connectivity index (χ1v) is 9.24. The summed E-state index contributed by atoms with van der Waals surface area (Å²) >= 11 is 0. The van der Waals surface area contributed by atoms with Crippen LogP contribution in [0, 0.1) is 6.92 Å². The molecule has 1 amide bonds. The zero-order chi connectivity index (χ0) is 22.4. The van der Waals surface area contributed by atoms with E-state index in [2.05, 4.69) is 10.3 Å². The van der Waals surface area contributed by atoms with Crippen LogP contribution in [0.3, 0.4) is 0 Å². The van der Waals surface area contributed by atoms with Crippen molar-refractivity contribution in [1.82, 2.24) is 9.55 Å². The highest BCUT2D eigenvalue weighted by Crippen LogP contribution is 2.36. The first-order chi connectivity index (χ1) is 14.1. The van der Waals surface area contributed by atoms with Gasteiger partial charge < -0.3 is 23.7 Å². The highest BCUT2D eigenvalue weighted by molar-refractivity contribution is 5.84. The molecule has 1 aromatic rings. The lowest BCUT2D eigenvalue weighted by Crippen LogP contribution is -2.40. The van der Waals surface area contributed by atoms with E-state index in [-0.39, 0.29) is 19.0 Å². The van der Waals surface area contributed by atoms with Crippen LogP contribution in [0.2, 0.25) is 0 Å². The Morgan fingerprint density at radius 3 is 2.27 bits per heavy atom. The van der Waals surface area contributed by atoms with Gasteiger partial charge in [0.15, 0.2) is 18.4 Å². The molecular weight excluding hydrogens is 402 g/mol. The maximum atomic E-state index is 11.9. The normalized spacial score (nSPS) is 22.8. The molecule has 1 aliphatic rings. The quantitative estimate of drug-likeness (QED) is 0.496. The Hall–Kier alpha value is -3.15. The van der Waals surface area contributed by atoms with Gasteiger partial charge in [-0.25, -0.2) is 9.78 Å². The summed E-state index contributed by atoms with van der Waals surface area (Å²) in [5, 5.41) is 2.56. The number of carbonyl (C=O) groups is 4. The SMILES string of the molecule is CCOC(=O)Nc1c(C)ncn1[C@@H]1O[C@H](COC(C)=O)[C@@H](OC(C)=O)[C@H]1OC(C)=O. The van der Waals surface area contributed by atoms with Crippen LogP contribution in [0.4, 0.5) is 10.6 Å². The topological polar surface area (TPSA) is 144 Å². The van der Waals surface area contributed by atoms with Gasteiger partial charge in [-0.3, -0.25) is 24.3 Å². The molecule has 0 aliphatic carbocycles. The maximum absolute atomic E-state index is 11.9. The fourth-order valence-corrected chi connectivity index (χ4v) is 2.98. The summed E-state index contributed by atoms with van der Waals surface area (Å²) in [6.07, 6.45) is -3.45. The number of rotatable bonds is 7. The van der Waals surface area contributed by atoms with Crippen molar-refractivity contribution in [2.24, 2.45) is 0 Å². The molecule has 0 bridgehead atoms. The van der Waals surface area contributed by atoms with Gasteiger partial charge in [0.05, 0.1) is 18.6 Å². The lowest BCUT2D eigenvalue weighted by Gasteiger charge is -2.24. The smallest absolute Gasteiger partial charge is 0.412 e. The lowest BCUT2D eigenvalue weighted by atomic mass is 10.1. The highest BCUT2D eigenvalue weighted by Gasteiger charge is 2.51. The first-order valence-electron chi connectivity index (χ1n) is 9.24. The molecule has 0 saturated carbocycles. The number of aromatic nitrogens is 2. The van der Waals surface area contributed by atoms with E-state index in [1.54, 1.807) is 13.8 Å². The molecule has 0 unspecified atom stereocenters. The molecule has 2 heterocycles. The maximum Gasteiger partial charge on any atom is 0.412 e. The number of nitrogens with zero attached hydrogens (tertiary/aromatic N) is 2. The van der Waals surface area contributed by atoms with Gasteiger partial charge in [0, 0.05) is 20.8 Å². The van der Waals surface area contributed by atoms with Crippen LogP contribution < -0.4 is 5.32 Å². The molecule has 0 spiro atoms. The molecule has 12 nitrogen and oxygen atoms in total. The molecule has 0 radical (unpaired) electrons. The Morgan fingerprint density at radius 2 is 1.70 bits per heavy atom. The Kier molecular flexibility index (Phi) is 7.75. The van der Waals surface area contributed by atoms with E-state index >= 15 is 0 Å². The molecule has 1 aromatic heterocycles. The van der Waals surface area contributed by atoms with E-state index in [9.17, 15) is 19.2 Å². The number of amides is 1. The van der Waals surface area contributed by atoms with Gasteiger partial charge in [0.2, 0.25) is 0 Å². The molecule has 30 heavy (non-hydrogen) atoms. The van der Waals surface area contributed by atoms with Crippen LogP contribution >= 0.6 is 0 Å². The van der Waals surface area contributed by atoms with Crippen LogP contribution in [0.25, 0.3) is 0 Å². The van der Waals surface area contributed by atoms with Crippen LogP contribution in [-0.4, -0.2) is 65.1 Å². The standard InChI is InChI=1S/C18H25N3O9/c1-6-26-18(25)20-16-9(2)19-8-21(16)17-15(29-12(5)24)14(28-11(4)23)13(30-17)7-27-10(3)22/h8,13-15,17H,6-7H2,1-5H3,(H,20,25)/t13-,14-,15-,17-/m1/s1. The van der Waals surface area contributed by atoms with Gasteiger partial charge in [-0.2, -0.15) is 0 Å². The van der Waals surface area contributed by atoms with Gasteiger partial charge in [-0.1, -0.05) is 0 Å². The van der Waals surface area contributed by atoms with Gasteiger partial charge in [-0.15, -0.1) is 0 Å².